The van der Waals surface area contributed by atoms with E-state index in [-0.39, 0.29) is 0 Å². The van der Waals surface area contributed by atoms with Gasteiger partial charge in [-0.3, -0.25) is 0 Å². The summed E-state index contributed by atoms with van der Waals surface area (Å²) >= 11 is 0. The van der Waals surface area contributed by atoms with E-state index in [4.69, 9.17) is 4.74 Å². The molecule has 1 saturated carbocycles. The highest BCUT2D eigenvalue weighted by Crippen LogP contribution is 2.54. The summed E-state index contributed by atoms with van der Waals surface area (Å²) in [4.78, 5) is 0. The van der Waals surface area contributed by atoms with Gasteiger partial charge in [-0.15, -0.1) is 0 Å². The molecule has 0 amide bonds. The topological polar surface area (TPSA) is 21.3 Å². The lowest BCUT2D eigenvalue weighted by molar-refractivity contribution is 0.0794. The molecule has 4 rings (SSSR count). The lowest BCUT2D eigenvalue weighted by atomic mass is 9.53. The largest absolute Gasteiger partial charge is 0.494 e. The zero-order valence-corrected chi connectivity index (χ0v) is 14.6. The molecule has 1 N–H and O–H groups in total. The van der Waals surface area contributed by atoms with Crippen molar-refractivity contribution >= 4 is 0 Å². The van der Waals surface area contributed by atoms with Gasteiger partial charge < -0.3 is 10.1 Å². The molecule has 0 radical (unpaired) electrons. The highest BCUT2D eigenvalue weighted by molar-refractivity contribution is 5.45. The minimum absolute atomic E-state index is 0.449. The normalized spacial score (nSPS) is 32.0. The molecule has 1 heterocycles. The third kappa shape index (κ3) is 2.69. The first-order valence-electron chi connectivity index (χ1n) is 9.83. The van der Waals surface area contributed by atoms with Gasteiger partial charge in [-0.1, -0.05) is 38.7 Å². The molecule has 2 bridgehead atoms. The van der Waals surface area contributed by atoms with Gasteiger partial charge in [0.05, 0.1) is 6.61 Å². The van der Waals surface area contributed by atoms with Crippen molar-refractivity contribution in [1.82, 2.24) is 5.32 Å². The monoisotopic (exact) mass is 313 g/mol. The predicted molar refractivity (Wildman–Crippen MR) is 95.2 cm³/mol. The van der Waals surface area contributed by atoms with E-state index >= 15 is 0 Å². The Balaban J connectivity index is 1.61. The van der Waals surface area contributed by atoms with Crippen LogP contribution in [-0.4, -0.2) is 19.2 Å². The van der Waals surface area contributed by atoms with Crippen LogP contribution >= 0.6 is 0 Å². The Hall–Kier alpha value is -1.02. The lowest BCUT2D eigenvalue weighted by Gasteiger charge is -2.56. The number of fused-ring (bicyclic) bond motifs is 1. The van der Waals surface area contributed by atoms with Crippen LogP contribution in [0.4, 0.5) is 0 Å². The number of benzene rings is 1. The van der Waals surface area contributed by atoms with Crippen LogP contribution in [0.1, 0.15) is 69.4 Å². The van der Waals surface area contributed by atoms with E-state index in [1.54, 1.807) is 11.1 Å². The molecule has 23 heavy (non-hydrogen) atoms. The van der Waals surface area contributed by atoms with E-state index in [9.17, 15) is 0 Å². The van der Waals surface area contributed by atoms with Gasteiger partial charge in [0.25, 0.3) is 0 Å². The molecule has 2 heteroatoms. The summed E-state index contributed by atoms with van der Waals surface area (Å²) in [6, 6.07) is 7.70. The van der Waals surface area contributed by atoms with Gasteiger partial charge in [0.15, 0.2) is 0 Å². The fraction of sp³-hybridized carbons (Fsp3) is 0.714. The molecule has 2 fully saturated rings. The second kappa shape index (κ2) is 6.47. The van der Waals surface area contributed by atoms with Crippen LogP contribution < -0.4 is 10.1 Å². The SMILES string of the molecule is CCCCCOc1ccc2c(c1)[C@@]13CCCC[C@H]1[C@@H](C2)NCC3. The molecule has 3 atom stereocenters. The summed E-state index contributed by atoms with van der Waals surface area (Å²) in [5.74, 6) is 1.96. The number of nitrogens with one attached hydrogen (secondary N) is 1. The molecule has 1 saturated heterocycles. The maximum absolute atomic E-state index is 6.07. The van der Waals surface area contributed by atoms with Gasteiger partial charge in [-0.05, 0) is 67.8 Å². The van der Waals surface area contributed by atoms with E-state index < -0.39 is 0 Å². The van der Waals surface area contributed by atoms with E-state index in [0.29, 0.717) is 11.5 Å². The summed E-state index contributed by atoms with van der Waals surface area (Å²) in [5.41, 5.74) is 3.68. The van der Waals surface area contributed by atoms with Gasteiger partial charge in [-0.25, -0.2) is 0 Å². The Kier molecular flexibility index (Phi) is 4.36. The van der Waals surface area contributed by atoms with Gasteiger partial charge in [0.2, 0.25) is 0 Å². The Labute approximate surface area is 141 Å². The van der Waals surface area contributed by atoms with Crippen molar-refractivity contribution in [3.63, 3.8) is 0 Å². The summed E-state index contributed by atoms with van der Waals surface area (Å²) in [5, 5.41) is 3.82. The molecule has 0 unspecified atom stereocenters. The van der Waals surface area contributed by atoms with E-state index in [2.05, 4.69) is 30.4 Å². The predicted octanol–water partition coefficient (Wildman–Crippen LogP) is 4.60. The second-order valence-electron chi connectivity index (χ2n) is 7.90. The fourth-order valence-electron chi connectivity index (χ4n) is 5.54. The van der Waals surface area contributed by atoms with E-state index in [1.807, 2.05) is 0 Å². The number of piperidine rings is 1. The van der Waals surface area contributed by atoms with Crippen molar-refractivity contribution in [3.8, 4) is 5.75 Å². The number of ether oxygens (including phenoxy) is 1. The molecular formula is C21H31NO. The number of unbranched alkanes of at least 4 members (excludes halogenated alkanes) is 2. The second-order valence-corrected chi connectivity index (χ2v) is 7.90. The van der Waals surface area contributed by atoms with Gasteiger partial charge in [0, 0.05) is 11.5 Å². The van der Waals surface area contributed by atoms with Crippen LogP contribution in [0.15, 0.2) is 18.2 Å². The molecule has 1 aromatic carbocycles. The van der Waals surface area contributed by atoms with Crippen LogP contribution in [0.25, 0.3) is 0 Å². The van der Waals surface area contributed by atoms with Crippen LogP contribution in [0.2, 0.25) is 0 Å². The minimum atomic E-state index is 0.449. The third-order valence-electron chi connectivity index (χ3n) is 6.64. The van der Waals surface area contributed by atoms with Crippen molar-refractivity contribution in [2.24, 2.45) is 5.92 Å². The quantitative estimate of drug-likeness (QED) is 0.802. The van der Waals surface area contributed by atoms with Gasteiger partial charge in [0.1, 0.15) is 5.75 Å². The Morgan fingerprint density at radius 3 is 3.09 bits per heavy atom. The van der Waals surface area contributed by atoms with Crippen molar-refractivity contribution < 1.29 is 4.74 Å². The molecule has 1 aromatic rings. The highest BCUT2D eigenvalue weighted by Gasteiger charge is 2.51. The van der Waals surface area contributed by atoms with E-state index in [0.717, 1.165) is 18.3 Å². The zero-order chi connectivity index (χ0) is 15.7. The molecule has 0 spiro atoms. The molecule has 3 aliphatic rings. The molecule has 2 nitrogen and oxygen atoms in total. The van der Waals surface area contributed by atoms with Crippen molar-refractivity contribution in [1.29, 1.82) is 0 Å². The smallest absolute Gasteiger partial charge is 0.119 e. The Morgan fingerprint density at radius 2 is 2.17 bits per heavy atom. The number of hydrogen-bond acceptors (Lipinski definition) is 2. The van der Waals surface area contributed by atoms with E-state index in [1.165, 1.54) is 64.3 Å². The van der Waals surface area contributed by atoms with Crippen molar-refractivity contribution in [3.05, 3.63) is 29.3 Å². The van der Waals surface area contributed by atoms with Gasteiger partial charge in [-0.2, -0.15) is 0 Å². The van der Waals surface area contributed by atoms with Crippen LogP contribution in [-0.2, 0) is 11.8 Å². The summed E-state index contributed by atoms with van der Waals surface area (Å²) in [6.45, 7) is 4.31. The number of rotatable bonds is 5. The lowest BCUT2D eigenvalue weighted by Crippen LogP contribution is -2.59. The standard InChI is InChI=1S/C21H31NO/c1-2-3-6-13-23-17-9-8-16-14-20-18-7-4-5-10-21(18,11-12-22-20)19(16)15-17/h8-9,15,18,20,22H,2-7,10-14H2,1H3/t18-,20+,21+/m0/s1. The maximum atomic E-state index is 6.07. The van der Waals surface area contributed by atoms with Gasteiger partial charge >= 0.3 is 0 Å². The van der Waals surface area contributed by atoms with Crippen LogP contribution in [0.3, 0.4) is 0 Å². The van der Waals surface area contributed by atoms with Crippen molar-refractivity contribution in [2.45, 2.75) is 76.2 Å². The molecule has 2 aliphatic carbocycles. The average molecular weight is 313 g/mol. The fourth-order valence-corrected chi connectivity index (χ4v) is 5.54. The summed E-state index contributed by atoms with van der Waals surface area (Å²) < 4.78 is 6.07. The maximum Gasteiger partial charge on any atom is 0.119 e. The first-order valence-corrected chi connectivity index (χ1v) is 9.83. The first kappa shape index (κ1) is 15.5. The average Bonchev–Trinajstić information content (AvgIpc) is 2.59. The summed E-state index contributed by atoms with van der Waals surface area (Å²) in [6.07, 6.45) is 11.9. The summed E-state index contributed by atoms with van der Waals surface area (Å²) in [7, 11) is 0. The minimum Gasteiger partial charge on any atom is -0.494 e. The Morgan fingerprint density at radius 1 is 1.22 bits per heavy atom. The molecular weight excluding hydrogens is 282 g/mol. The van der Waals surface area contributed by atoms with Crippen LogP contribution in [0.5, 0.6) is 5.75 Å². The highest BCUT2D eigenvalue weighted by atomic mass is 16.5. The molecule has 1 aliphatic heterocycles. The molecule has 126 valence electrons. The first-order chi connectivity index (χ1) is 11.3. The third-order valence-corrected chi connectivity index (χ3v) is 6.64. The molecule has 0 aromatic heterocycles. The van der Waals surface area contributed by atoms with Crippen molar-refractivity contribution in [2.75, 3.05) is 13.2 Å². The Bertz CT molecular complexity index is 551. The number of hydrogen-bond donors (Lipinski definition) is 1. The zero-order valence-electron chi connectivity index (χ0n) is 14.6. The van der Waals surface area contributed by atoms with Crippen LogP contribution in [0, 0.1) is 5.92 Å².